The summed E-state index contributed by atoms with van der Waals surface area (Å²) in [7, 11) is 0. The van der Waals surface area contributed by atoms with Gasteiger partial charge >= 0.3 is 0 Å². The number of hydrogen-bond donors (Lipinski definition) is 1. The second-order valence-electron chi connectivity index (χ2n) is 8.24. The summed E-state index contributed by atoms with van der Waals surface area (Å²) in [5, 5.41) is 0. The van der Waals surface area contributed by atoms with Crippen LogP contribution in [0.3, 0.4) is 0 Å². The van der Waals surface area contributed by atoms with Gasteiger partial charge in [0.25, 0.3) is 0 Å². The first-order valence-corrected chi connectivity index (χ1v) is 9.73. The van der Waals surface area contributed by atoms with Crippen molar-refractivity contribution in [2.45, 2.75) is 50.4 Å². The number of nitrogens with zero attached hydrogens (tertiary/aromatic N) is 1. The van der Waals surface area contributed by atoms with E-state index < -0.39 is 5.41 Å². The second-order valence-corrected chi connectivity index (χ2v) is 8.24. The Morgan fingerprint density at radius 2 is 1.60 bits per heavy atom. The molecule has 2 aliphatic carbocycles. The van der Waals surface area contributed by atoms with Crippen molar-refractivity contribution in [1.82, 2.24) is 4.90 Å². The van der Waals surface area contributed by atoms with Crippen LogP contribution in [0.15, 0.2) is 30.3 Å². The van der Waals surface area contributed by atoms with Crippen LogP contribution in [-0.2, 0) is 15.0 Å². The molecule has 2 saturated carbocycles. The van der Waals surface area contributed by atoms with Gasteiger partial charge in [-0.15, -0.1) is 0 Å². The number of benzene rings is 1. The van der Waals surface area contributed by atoms with Gasteiger partial charge in [0.1, 0.15) is 0 Å². The van der Waals surface area contributed by atoms with E-state index in [2.05, 4.69) is 0 Å². The predicted molar refractivity (Wildman–Crippen MR) is 96.7 cm³/mol. The Hall–Kier alpha value is -1.84. The molecule has 134 valence electrons. The molecule has 1 saturated heterocycles. The Morgan fingerprint density at radius 1 is 1.04 bits per heavy atom. The van der Waals surface area contributed by atoms with Crippen LogP contribution < -0.4 is 5.73 Å². The van der Waals surface area contributed by atoms with Gasteiger partial charge in [0.05, 0.1) is 5.41 Å². The minimum absolute atomic E-state index is 0.264. The van der Waals surface area contributed by atoms with Gasteiger partial charge in [-0.2, -0.15) is 0 Å². The van der Waals surface area contributed by atoms with Crippen molar-refractivity contribution in [1.29, 1.82) is 0 Å². The van der Waals surface area contributed by atoms with Crippen molar-refractivity contribution in [3.8, 4) is 0 Å². The number of primary amides is 1. The van der Waals surface area contributed by atoms with E-state index in [1.54, 1.807) is 0 Å². The van der Waals surface area contributed by atoms with Gasteiger partial charge in [-0.05, 0) is 61.8 Å². The molecular weight excluding hydrogens is 312 g/mol. The SMILES string of the molecule is NC(=O)C1(c2ccccc2)CCN(C(=O)CC(C2CC2)C2CC2)CC1. The number of carbonyl (C=O) groups is 2. The molecule has 0 spiro atoms. The maximum atomic E-state index is 12.8. The first-order chi connectivity index (χ1) is 12.1. The summed E-state index contributed by atoms with van der Waals surface area (Å²) in [4.78, 5) is 27.0. The highest BCUT2D eigenvalue weighted by atomic mass is 16.2. The summed E-state index contributed by atoms with van der Waals surface area (Å²) in [6.07, 6.45) is 7.23. The number of hydrogen-bond acceptors (Lipinski definition) is 2. The van der Waals surface area contributed by atoms with Gasteiger partial charge in [-0.25, -0.2) is 0 Å². The zero-order valence-electron chi connectivity index (χ0n) is 14.8. The third kappa shape index (κ3) is 3.31. The van der Waals surface area contributed by atoms with E-state index in [9.17, 15) is 9.59 Å². The van der Waals surface area contributed by atoms with Crippen molar-refractivity contribution >= 4 is 11.8 Å². The van der Waals surface area contributed by atoms with Crippen LogP contribution in [-0.4, -0.2) is 29.8 Å². The fraction of sp³-hybridized carbons (Fsp3) is 0.619. The monoisotopic (exact) mass is 340 g/mol. The molecular formula is C21H28N2O2. The molecule has 0 bridgehead atoms. The van der Waals surface area contributed by atoms with E-state index in [1.807, 2.05) is 35.2 Å². The normalized spacial score (nSPS) is 22.8. The van der Waals surface area contributed by atoms with Crippen molar-refractivity contribution in [3.63, 3.8) is 0 Å². The molecule has 4 nitrogen and oxygen atoms in total. The molecule has 1 aromatic carbocycles. The summed E-state index contributed by atoms with van der Waals surface area (Å²) in [6.45, 7) is 1.28. The number of amides is 2. The summed E-state index contributed by atoms with van der Waals surface area (Å²) in [5.41, 5.74) is 6.16. The van der Waals surface area contributed by atoms with Crippen LogP contribution in [0.5, 0.6) is 0 Å². The number of rotatable bonds is 6. The lowest BCUT2D eigenvalue weighted by Crippen LogP contribution is -2.51. The maximum absolute atomic E-state index is 12.8. The van der Waals surface area contributed by atoms with Gasteiger partial charge in [-0.1, -0.05) is 30.3 Å². The van der Waals surface area contributed by atoms with Crippen LogP contribution in [0.1, 0.15) is 50.5 Å². The molecule has 4 rings (SSSR count). The Balaban J connectivity index is 1.41. The van der Waals surface area contributed by atoms with Gasteiger partial charge in [-0.3, -0.25) is 9.59 Å². The standard InChI is InChI=1S/C21H28N2O2/c22-20(25)21(17-4-2-1-3-5-17)10-12-23(13-11-21)19(24)14-18(15-6-7-15)16-8-9-16/h1-5,15-16,18H,6-14H2,(H2,22,25). The van der Waals surface area contributed by atoms with Gasteiger partial charge in [0, 0.05) is 19.5 Å². The van der Waals surface area contributed by atoms with Crippen LogP contribution in [0.2, 0.25) is 0 Å². The molecule has 3 fully saturated rings. The highest BCUT2D eigenvalue weighted by Crippen LogP contribution is 2.51. The average molecular weight is 340 g/mol. The van der Waals surface area contributed by atoms with Crippen LogP contribution in [0.25, 0.3) is 0 Å². The Bertz CT molecular complexity index is 629. The molecule has 3 aliphatic rings. The number of nitrogens with two attached hydrogens (primary N) is 1. The molecule has 1 aromatic rings. The molecule has 0 atom stereocenters. The zero-order chi connectivity index (χ0) is 17.4. The van der Waals surface area contributed by atoms with Gasteiger partial charge in [0.15, 0.2) is 0 Å². The van der Waals surface area contributed by atoms with Gasteiger partial charge in [0.2, 0.25) is 11.8 Å². The van der Waals surface area contributed by atoms with Gasteiger partial charge < -0.3 is 10.6 Å². The summed E-state index contributed by atoms with van der Waals surface area (Å²) >= 11 is 0. The van der Waals surface area contributed by atoms with Crippen LogP contribution >= 0.6 is 0 Å². The fourth-order valence-electron chi connectivity index (χ4n) is 4.67. The van der Waals surface area contributed by atoms with E-state index in [-0.39, 0.29) is 11.8 Å². The number of likely N-dealkylation sites (tertiary alicyclic amines) is 1. The Morgan fingerprint density at radius 3 is 2.08 bits per heavy atom. The summed E-state index contributed by atoms with van der Waals surface area (Å²) in [5.74, 6) is 2.24. The number of piperidine rings is 1. The molecule has 1 aliphatic heterocycles. The quantitative estimate of drug-likeness (QED) is 0.865. The minimum atomic E-state index is -0.621. The average Bonchev–Trinajstić information content (AvgIpc) is 3.53. The largest absolute Gasteiger partial charge is 0.369 e. The van der Waals surface area contributed by atoms with Crippen LogP contribution in [0.4, 0.5) is 0 Å². The van der Waals surface area contributed by atoms with E-state index in [1.165, 1.54) is 25.7 Å². The van der Waals surface area contributed by atoms with Crippen LogP contribution in [0, 0.1) is 17.8 Å². The third-order valence-electron chi connectivity index (χ3n) is 6.63. The Kier molecular flexibility index (Phi) is 4.30. The highest BCUT2D eigenvalue weighted by molar-refractivity contribution is 5.87. The van der Waals surface area contributed by atoms with E-state index in [0.29, 0.717) is 38.3 Å². The third-order valence-corrected chi connectivity index (χ3v) is 6.63. The lowest BCUT2D eigenvalue weighted by Gasteiger charge is -2.40. The molecule has 2 amide bonds. The first kappa shape index (κ1) is 16.6. The fourth-order valence-corrected chi connectivity index (χ4v) is 4.67. The number of carbonyl (C=O) groups excluding carboxylic acids is 2. The summed E-state index contributed by atoms with van der Waals surface area (Å²) in [6, 6.07) is 9.82. The molecule has 0 unspecified atom stereocenters. The van der Waals surface area contributed by atoms with Crippen molar-refractivity contribution < 1.29 is 9.59 Å². The molecule has 4 heteroatoms. The highest BCUT2D eigenvalue weighted by Gasteiger charge is 2.45. The van der Waals surface area contributed by atoms with E-state index >= 15 is 0 Å². The summed E-state index contributed by atoms with van der Waals surface area (Å²) < 4.78 is 0. The minimum Gasteiger partial charge on any atom is -0.369 e. The van der Waals surface area contributed by atoms with Crippen molar-refractivity contribution in [2.24, 2.45) is 23.5 Å². The lowest BCUT2D eigenvalue weighted by molar-refractivity contribution is -0.137. The molecule has 0 aromatic heterocycles. The first-order valence-electron chi connectivity index (χ1n) is 9.73. The van der Waals surface area contributed by atoms with Crippen molar-refractivity contribution in [2.75, 3.05) is 13.1 Å². The topological polar surface area (TPSA) is 63.4 Å². The smallest absolute Gasteiger partial charge is 0.228 e. The molecule has 1 heterocycles. The predicted octanol–water partition coefficient (Wildman–Crippen LogP) is 2.86. The van der Waals surface area contributed by atoms with E-state index in [4.69, 9.17) is 5.73 Å². The molecule has 25 heavy (non-hydrogen) atoms. The zero-order valence-corrected chi connectivity index (χ0v) is 14.8. The second kappa shape index (κ2) is 6.47. The molecule has 2 N–H and O–H groups in total. The maximum Gasteiger partial charge on any atom is 0.228 e. The van der Waals surface area contributed by atoms with Crippen molar-refractivity contribution in [3.05, 3.63) is 35.9 Å². The lowest BCUT2D eigenvalue weighted by atomic mass is 9.72. The molecule has 0 radical (unpaired) electrons. The van der Waals surface area contributed by atoms with E-state index in [0.717, 1.165) is 17.4 Å². The Labute approximate surface area is 149 Å².